The minimum Gasteiger partial charge on any atom is -0.494 e. The average molecular weight is 325 g/mol. The van der Waals surface area contributed by atoms with Gasteiger partial charge in [-0.2, -0.15) is 0 Å². The van der Waals surface area contributed by atoms with Crippen molar-refractivity contribution in [1.29, 1.82) is 0 Å². The van der Waals surface area contributed by atoms with E-state index in [0.29, 0.717) is 0 Å². The van der Waals surface area contributed by atoms with Crippen LogP contribution in [0.1, 0.15) is 51.0 Å². The Balaban J connectivity index is 1.58. The molecule has 0 aromatic heterocycles. The van der Waals surface area contributed by atoms with E-state index in [1.54, 1.807) is 0 Å². The molecule has 0 fully saturated rings. The SMILES string of the molecule is CCCCCCCOc1ccc(NCCCc2ccccc2)cc1. The van der Waals surface area contributed by atoms with Crippen LogP contribution in [0.25, 0.3) is 0 Å². The van der Waals surface area contributed by atoms with Gasteiger partial charge in [0, 0.05) is 12.2 Å². The summed E-state index contributed by atoms with van der Waals surface area (Å²) in [5, 5.41) is 3.48. The van der Waals surface area contributed by atoms with E-state index in [0.717, 1.165) is 38.2 Å². The van der Waals surface area contributed by atoms with E-state index in [9.17, 15) is 0 Å². The van der Waals surface area contributed by atoms with Gasteiger partial charge in [-0.1, -0.05) is 62.9 Å². The number of hydrogen-bond acceptors (Lipinski definition) is 2. The highest BCUT2D eigenvalue weighted by atomic mass is 16.5. The van der Waals surface area contributed by atoms with Crippen LogP contribution in [0.15, 0.2) is 54.6 Å². The van der Waals surface area contributed by atoms with Gasteiger partial charge in [-0.3, -0.25) is 0 Å². The monoisotopic (exact) mass is 325 g/mol. The third-order valence-electron chi connectivity index (χ3n) is 4.19. The molecule has 0 unspecified atom stereocenters. The lowest BCUT2D eigenvalue weighted by atomic mass is 10.1. The zero-order valence-corrected chi connectivity index (χ0v) is 15.0. The largest absolute Gasteiger partial charge is 0.494 e. The molecule has 0 saturated carbocycles. The molecule has 2 aromatic rings. The van der Waals surface area contributed by atoms with Gasteiger partial charge in [0.2, 0.25) is 0 Å². The van der Waals surface area contributed by atoms with Gasteiger partial charge in [0.05, 0.1) is 6.61 Å². The molecule has 0 atom stereocenters. The van der Waals surface area contributed by atoms with Crippen LogP contribution in [-0.2, 0) is 6.42 Å². The lowest BCUT2D eigenvalue weighted by Crippen LogP contribution is -2.03. The number of benzene rings is 2. The van der Waals surface area contributed by atoms with Crippen LogP contribution < -0.4 is 10.1 Å². The summed E-state index contributed by atoms with van der Waals surface area (Å²) in [6.07, 6.45) is 8.64. The molecule has 2 aromatic carbocycles. The van der Waals surface area contributed by atoms with Crippen molar-refractivity contribution in [3.63, 3.8) is 0 Å². The highest BCUT2D eigenvalue weighted by molar-refractivity contribution is 5.46. The van der Waals surface area contributed by atoms with E-state index in [-0.39, 0.29) is 0 Å². The van der Waals surface area contributed by atoms with E-state index in [1.165, 1.54) is 36.9 Å². The van der Waals surface area contributed by atoms with E-state index in [4.69, 9.17) is 4.74 Å². The lowest BCUT2D eigenvalue weighted by molar-refractivity contribution is 0.304. The number of anilines is 1. The molecular formula is C22H31NO. The van der Waals surface area contributed by atoms with Gasteiger partial charge in [-0.15, -0.1) is 0 Å². The molecule has 1 N–H and O–H groups in total. The van der Waals surface area contributed by atoms with Crippen molar-refractivity contribution in [2.45, 2.75) is 51.9 Å². The second kappa shape index (κ2) is 11.6. The summed E-state index contributed by atoms with van der Waals surface area (Å²) in [4.78, 5) is 0. The van der Waals surface area contributed by atoms with Crippen LogP contribution in [0.4, 0.5) is 5.69 Å². The van der Waals surface area contributed by atoms with Crippen molar-refractivity contribution in [2.24, 2.45) is 0 Å². The van der Waals surface area contributed by atoms with Gasteiger partial charge >= 0.3 is 0 Å². The molecular weight excluding hydrogens is 294 g/mol. The fraction of sp³-hybridized carbons (Fsp3) is 0.455. The van der Waals surface area contributed by atoms with Crippen LogP contribution >= 0.6 is 0 Å². The fourth-order valence-electron chi connectivity index (χ4n) is 2.73. The van der Waals surface area contributed by atoms with E-state index in [1.807, 2.05) is 0 Å². The van der Waals surface area contributed by atoms with Crippen LogP contribution in [0.3, 0.4) is 0 Å². The van der Waals surface area contributed by atoms with Crippen molar-refractivity contribution < 1.29 is 4.74 Å². The standard InChI is InChI=1S/C22H31NO/c1-2-3-4-5-9-19-24-22-16-14-21(15-17-22)23-18-10-13-20-11-7-6-8-12-20/h6-8,11-12,14-17,23H,2-5,9-10,13,18-19H2,1H3. The molecule has 2 rings (SSSR count). The Morgan fingerprint density at radius 1 is 0.792 bits per heavy atom. The van der Waals surface area contributed by atoms with Gasteiger partial charge in [0.25, 0.3) is 0 Å². The minimum atomic E-state index is 0.827. The molecule has 0 heterocycles. The Morgan fingerprint density at radius 3 is 2.29 bits per heavy atom. The van der Waals surface area contributed by atoms with Crippen LogP contribution in [0.2, 0.25) is 0 Å². The summed E-state index contributed by atoms with van der Waals surface area (Å²) in [5.74, 6) is 0.973. The maximum Gasteiger partial charge on any atom is 0.119 e. The molecule has 0 spiro atoms. The molecule has 2 heteroatoms. The number of hydrogen-bond donors (Lipinski definition) is 1. The third kappa shape index (κ3) is 7.54. The van der Waals surface area contributed by atoms with Crippen molar-refractivity contribution >= 4 is 5.69 Å². The summed E-state index contributed by atoms with van der Waals surface area (Å²) in [5.41, 5.74) is 2.57. The second-order valence-corrected chi connectivity index (χ2v) is 6.30. The van der Waals surface area contributed by atoms with Crippen LogP contribution in [0, 0.1) is 0 Å². The number of nitrogens with one attached hydrogen (secondary N) is 1. The zero-order chi connectivity index (χ0) is 16.9. The van der Waals surface area contributed by atoms with Crippen molar-refractivity contribution in [1.82, 2.24) is 0 Å². The Labute approximate surface area is 147 Å². The maximum absolute atomic E-state index is 5.80. The molecule has 0 amide bonds. The van der Waals surface area contributed by atoms with Crippen molar-refractivity contribution in [3.8, 4) is 5.75 Å². The van der Waals surface area contributed by atoms with Gasteiger partial charge < -0.3 is 10.1 Å². The summed E-state index contributed by atoms with van der Waals surface area (Å²) < 4.78 is 5.80. The second-order valence-electron chi connectivity index (χ2n) is 6.30. The predicted molar refractivity (Wildman–Crippen MR) is 104 cm³/mol. The average Bonchev–Trinajstić information content (AvgIpc) is 2.64. The summed E-state index contributed by atoms with van der Waals surface area (Å²) in [6, 6.07) is 19.0. The minimum absolute atomic E-state index is 0.827. The fourth-order valence-corrected chi connectivity index (χ4v) is 2.73. The number of unbranched alkanes of at least 4 members (excludes halogenated alkanes) is 4. The van der Waals surface area contributed by atoms with Crippen LogP contribution in [0.5, 0.6) is 5.75 Å². The molecule has 2 nitrogen and oxygen atoms in total. The first kappa shape index (κ1) is 18.4. The first-order valence-electron chi connectivity index (χ1n) is 9.39. The highest BCUT2D eigenvalue weighted by Crippen LogP contribution is 2.16. The first-order chi connectivity index (χ1) is 11.9. The van der Waals surface area contributed by atoms with E-state index >= 15 is 0 Å². The molecule has 0 saturated heterocycles. The Kier molecular flexibility index (Phi) is 8.85. The highest BCUT2D eigenvalue weighted by Gasteiger charge is 1.97. The topological polar surface area (TPSA) is 21.3 Å². The molecule has 0 aliphatic carbocycles. The zero-order valence-electron chi connectivity index (χ0n) is 15.0. The smallest absolute Gasteiger partial charge is 0.119 e. The summed E-state index contributed by atoms with van der Waals surface area (Å²) >= 11 is 0. The molecule has 0 radical (unpaired) electrons. The predicted octanol–water partition coefficient (Wildman–Crippen LogP) is 6.08. The van der Waals surface area contributed by atoms with Crippen molar-refractivity contribution in [2.75, 3.05) is 18.5 Å². The Morgan fingerprint density at radius 2 is 1.54 bits per heavy atom. The Bertz CT molecular complexity index is 536. The molecule has 0 aliphatic rings. The molecule has 130 valence electrons. The van der Waals surface area contributed by atoms with E-state index < -0.39 is 0 Å². The molecule has 0 bridgehead atoms. The number of aryl methyl sites for hydroxylation is 1. The van der Waals surface area contributed by atoms with Gasteiger partial charge in [0.15, 0.2) is 0 Å². The number of rotatable bonds is 12. The molecule has 24 heavy (non-hydrogen) atoms. The first-order valence-corrected chi connectivity index (χ1v) is 9.39. The van der Waals surface area contributed by atoms with Crippen LogP contribution in [-0.4, -0.2) is 13.2 Å². The van der Waals surface area contributed by atoms with Gasteiger partial charge in [0.1, 0.15) is 5.75 Å². The molecule has 0 aliphatic heterocycles. The normalized spacial score (nSPS) is 10.5. The van der Waals surface area contributed by atoms with Gasteiger partial charge in [-0.25, -0.2) is 0 Å². The quantitative estimate of drug-likeness (QED) is 0.477. The summed E-state index contributed by atoms with van der Waals surface area (Å²) in [7, 11) is 0. The van der Waals surface area contributed by atoms with Crippen molar-refractivity contribution in [3.05, 3.63) is 60.2 Å². The number of ether oxygens (including phenoxy) is 1. The van der Waals surface area contributed by atoms with Gasteiger partial charge in [-0.05, 0) is 49.1 Å². The summed E-state index contributed by atoms with van der Waals surface area (Å²) in [6.45, 7) is 4.06. The Hall–Kier alpha value is -1.96. The maximum atomic E-state index is 5.80. The lowest BCUT2D eigenvalue weighted by Gasteiger charge is -2.09. The van der Waals surface area contributed by atoms with E-state index in [2.05, 4.69) is 66.8 Å². The third-order valence-corrected chi connectivity index (χ3v) is 4.19.